The molecule has 1 amide bonds. The first-order chi connectivity index (χ1) is 13.6. The van der Waals surface area contributed by atoms with E-state index in [1.165, 1.54) is 0 Å². The number of benzene rings is 1. The minimum atomic E-state index is -0.0458. The lowest BCUT2D eigenvalue weighted by molar-refractivity contribution is 0.0303. The number of aromatic nitrogens is 2. The van der Waals surface area contributed by atoms with Crippen molar-refractivity contribution in [3.05, 3.63) is 52.8 Å². The van der Waals surface area contributed by atoms with Crippen LogP contribution >= 0.6 is 11.6 Å². The summed E-state index contributed by atoms with van der Waals surface area (Å²) < 4.78 is 7.26. The zero-order valence-electron chi connectivity index (χ0n) is 15.3. The Bertz CT molecular complexity index is 1100. The van der Waals surface area contributed by atoms with Crippen molar-refractivity contribution in [2.24, 2.45) is 7.05 Å². The van der Waals surface area contributed by atoms with E-state index >= 15 is 0 Å². The van der Waals surface area contributed by atoms with Crippen molar-refractivity contribution in [1.82, 2.24) is 14.5 Å². The fourth-order valence-electron chi connectivity index (χ4n) is 3.33. The number of halogens is 1. The molecule has 0 unspecified atom stereocenters. The number of carbonyl (C=O) groups is 1. The molecule has 3 aromatic rings. The number of nitrogens with one attached hydrogen (secondary N) is 1. The van der Waals surface area contributed by atoms with Crippen LogP contribution in [-0.4, -0.2) is 46.7 Å². The maximum Gasteiger partial charge on any atom is 0.257 e. The van der Waals surface area contributed by atoms with Crippen LogP contribution < -0.4 is 5.32 Å². The normalized spacial score (nSPS) is 14.1. The van der Waals surface area contributed by atoms with E-state index in [1.807, 2.05) is 29.9 Å². The van der Waals surface area contributed by atoms with E-state index in [4.69, 9.17) is 21.6 Å². The first-order valence-electron chi connectivity index (χ1n) is 8.86. The Morgan fingerprint density at radius 3 is 2.82 bits per heavy atom. The van der Waals surface area contributed by atoms with Gasteiger partial charge in [-0.15, -0.1) is 0 Å². The van der Waals surface area contributed by atoms with Gasteiger partial charge < -0.3 is 19.5 Å². The molecule has 0 saturated carbocycles. The number of aryl methyl sites for hydroxylation is 1. The summed E-state index contributed by atoms with van der Waals surface area (Å²) in [5, 5.41) is 13.5. The van der Waals surface area contributed by atoms with Gasteiger partial charge in [-0.1, -0.05) is 11.6 Å². The number of rotatable bonds is 3. The molecule has 3 heterocycles. The lowest BCUT2D eigenvalue weighted by Gasteiger charge is -2.27. The van der Waals surface area contributed by atoms with Crippen LogP contribution in [-0.2, 0) is 11.8 Å². The molecular weight excluding hydrogens is 378 g/mol. The summed E-state index contributed by atoms with van der Waals surface area (Å²) in [6, 6.07) is 9.07. The monoisotopic (exact) mass is 395 g/mol. The van der Waals surface area contributed by atoms with Crippen LogP contribution in [0.25, 0.3) is 10.9 Å². The van der Waals surface area contributed by atoms with Gasteiger partial charge in [0.1, 0.15) is 11.9 Å². The molecule has 0 radical (unpaired) electrons. The average Bonchev–Trinajstić information content (AvgIpc) is 3.11. The molecule has 0 spiro atoms. The third-order valence-corrected chi connectivity index (χ3v) is 5.10. The first-order valence-corrected chi connectivity index (χ1v) is 9.24. The van der Waals surface area contributed by atoms with Crippen LogP contribution in [0.3, 0.4) is 0 Å². The highest BCUT2D eigenvalue weighted by atomic mass is 35.5. The first kappa shape index (κ1) is 18.3. The summed E-state index contributed by atoms with van der Waals surface area (Å²) >= 11 is 6.12. The summed E-state index contributed by atoms with van der Waals surface area (Å²) in [5.74, 6) is 0.575. The molecule has 1 fully saturated rings. The van der Waals surface area contributed by atoms with Crippen molar-refractivity contribution in [2.45, 2.75) is 0 Å². The standard InChI is InChI=1S/C20H18ClN5O2/c1-25-5-4-15-18(25)16(20(27)26-6-8-28-9-7-26)12-23-19(15)24-14-3-2-13(11-22)17(21)10-14/h2-5,10,12H,6-9H2,1H3,(H,23,24). The molecule has 4 rings (SSSR count). The van der Waals surface area contributed by atoms with Crippen molar-refractivity contribution in [1.29, 1.82) is 5.26 Å². The predicted octanol–water partition coefficient (Wildman–Crippen LogP) is 3.31. The van der Waals surface area contributed by atoms with E-state index in [0.29, 0.717) is 54.0 Å². The van der Waals surface area contributed by atoms with Crippen molar-refractivity contribution < 1.29 is 9.53 Å². The summed E-state index contributed by atoms with van der Waals surface area (Å²) in [4.78, 5) is 19.3. The van der Waals surface area contributed by atoms with Gasteiger partial charge in [-0.2, -0.15) is 5.26 Å². The molecule has 2 aromatic heterocycles. The molecule has 1 aliphatic rings. The SMILES string of the molecule is Cn1ccc2c(Nc3ccc(C#N)c(Cl)c3)ncc(C(=O)N3CCOCC3)c21. The Balaban J connectivity index is 1.71. The minimum absolute atomic E-state index is 0.0458. The molecule has 28 heavy (non-hydrogen) atoms. The van der Waals surface area contributed by atoms with E-state index in [1.54, 1.807) is 29.3 Å². The van der Waals surface area contributed by atoms with Gasteiger partial charge in [-0.3, -0.25) is 4.79 Å². The van der Waals surface area contributed by atoms with E-state index in [-0.39, 0.29) is 5.91 Å². The number of fused-ring (bicyclic) bond motifs is 1. The smallest absolute Gasteiger partial charge is 0.257 e. The molecule has 7 nitrogen and oxygen atoms in total. The average molecular weight is 396 g/mol. The number of morpholine rings is 1. The van der Waals surface area contributed by atoms with Gasteiger partial charge in [0.15, 0.2) is 0 Å². The minimum Gasteiger partial charge on any atom is -0.378 e. The van der Waals surface area contributed by atoms with Gasteiger partial charge in [0.25, 0.3) is 5.91 Å². The Kier molecular flexibility index (Phi) is 4.90. The molecule has 8 heteroatoms. The maximum absolute atomic E-state index is 13.0. The summed E-state index contributed by atoms with van der Waals surface area (Å²) in [5.41, 5.74) is 2.51. The lowest BCUT2D eigenvalue weighted by Crippen LogP contribution is -2.40. The largest absolute Gasteiger partial charge is 0.378 e. The molecular formula is C20H18ClN5O2. The second-order valence-electron chi connectivity index (χ2n) is 6.55. The highest BCUT2D eigenvalue weighted by Gasteiger charge is 2.23. The molecule has 0 bridgehead atoms. The number of amides is 1. The van der Waals surface area contributed by atoms with Crippen LogP contribution in [0.1, 0.15) is 15.9 Å². The molecule has 1 saturated heterocycles. The third-order valence-electron chi connectivity index (χ3n) is 4.79. The van der Waals surface area contributed by atoms with Gasteiger partial charge in [0.05, 0.1) is 34.9 Å². The highest BCUT2D eigenvalue weighted by molar-refractivity contribution is 6.32. The highest BCUT2D eigenvalue weighted by Crippen LogP contribution is 2.30. The van der Waals surface area contributed by atoms with Crippen LogP contribution in [0.5, 0.6) is 0 Å². The van der Waals surface area contributed by atoms with Crippen LogP contribution in [0.2, 0.25) is 5.02 Å². The Labute approximate surface area is 167 Å². The number of anilines is 2. The Morgan fingerprint density at radius 1 is 1.32 bits per heavy atom. The molecule has 0 atom stereocenters. The number of nitrogens with zero attached hydrogens (tertiary/aromatic N) is 4. The summed E-state index contributed by atoms with van der Waals surface area (Å²) in [6.07, 6.45) is 3.51. The number of pyridine rings is 1. The number of hydrogen-bond donors (Lipinski definition) is 1. The zero-order valence-corrected chi connectivity index (χ0v) is 16.0. The van der Waals surface area contributed by atoms with Gasteiger partial charge in [-0.25, -0.2) is 4.98 Å². The predicted molar refractivity (Wildman–Crippen MR) is 107 cm³/mol. The zero-order chi connectivity index (χ0) is 19.7. The lowest BCUT2D eigenvalue weighted by atomic mass is 10.1. The van der Waals surface area contributed by atoms with E-state index in [0.717, 1.165) is 10.9 Å². The van der Waals surface area contributed by atoms with Crippen molar-refractivity contribution in [3.8, 4) is 6.07 Å². The number of hydrogen-bond acceptors (Lipinski definition) is 5. The van der Waals surface area contributed by atoms with E-state index in [9.17, 15) is 4.79 Å². The van der Waals surface area contributed by atoms with Crippen LogP contribution in [0, 0.1) is 11.3 Å². The number of carbonyl (C=O) groups excluding carboxylic acids is 1. The fourth-order valence-corrected chi connectivity index (χ4v) is 3.55. The van der Waals surface area contributed by atoms with Crippen molar-refractivity contribution >= 4 is 39.9 Å². The van der Waals surface area contributed by atoms with Gasteiger partial charge in [0.2, 0.25) is 0 Å². The second-order valence-corrected chi connectivity index (χ2v) is 6.95. The number of ether oxygens (including phenoxy) is 1. The molecule has 1 aromatic carbocycles. The fraction of sp³-hybridized carbons (Fsp3) is 0.250. The third kappa shape index (κ3) is 3.28. The quantitative estimate of drug-likeness (QED) is 0.735. The van der Waals surface area contributed by atoms with E-state index in [2.05, 4.69) is 10.3 Å². The van der Waals surface area contributed by atoms with Crippen LogP contribution in [0.15, 0.2) is 36.7 Å². The second kappa shape index (κ2) is 7.50. The molecule has 0 aliphatic carbocycles. The molecule has 1 N–H and O–H groups in total. The number of nitriles is 1. The Hall–Kier alpha value is -3.08. The summed E-state index contributed by atoms with van der Waals surface area (Å²) in [6.45, 7) is 2.26. The molecule has 1 aliphatic heterocycles. The maximum atomic E-state index is 13.0. The topological polar surface area (TPSA) is 83.2 Å². The van der Waals surface area contributed by atoms with Gasteiger partial charge in [0, 0.05) is 43.6 Å². The van der Waals surface area contributed by atoms with E-state index < -0.39 is 0 Å². The van der Waals surface area contributed by atoms with Gasteiger partial charge >= 0.3 is 0 Å². The van der Waals surface area contributed by atoms with Crippen molar-refractivity contribution in [2.75, 3.05) is 31.6 Å². The van der Waals surface area contributed by atoms with Crippen LogP contribution in [0.4, 0.5) is 11.5 Å². The van der Waals surface area contributed by atoms with Crippen molar-refractivity contribution in [3.63, 3.8) is 0 Å². The van der Waals surface area contributed by atoms with Gasteiger partial charge in [-0.05, 0) is 24.3 Å². The molecule has 142 valence electrons. The Morgan fingerprint density at radius 2 is 2.11 bits per heavy atom. The summed E-state index contributed by atoms with van der Waals surface area (Å²) in [7, 11) is 1.90.